The number of hydrogen-bond donors (Lipinski definition) is 0. The van der Waals surface area contributed by atoms with Crippen molar-refractivity contribution in [2.45, 2.75) is 78.9 Å². The molecule has 0 aliphatic heterocycles. The summed E-state index contributed by atoms with van der Waals surface area (Å²) in [6, 6.07) is 3.72. The van der Waals surface area contributed by atoms with Gasteiger partial charge in [0.2, 0.25) is 0 Å². The maximum atomic E-state index is 12.3. The first-order valence-corrected chi connectivity index (χ1v) is 12.0. The average Bonchev–Trinajstić information content (AvgIpc) is 3.34. The van der Waals surface area contributed by atoms with Crippen LogP contribution in [0.5, 0.6) is 5.75 Å². The molecule has 0 aromatic carbocycles. The van der Waals surface area contributed by atoms with E-state index in [4.69, 9.17) is 14.2 Å². The third-order valence-corrected chi connectivity index (χ3v) is 5.72. The molecule has 34 heavy (non-hydrogen) atoms. The maximum absolute atomic E-state index is 12.3. The smallest absolute Gasteiger partial charge is 0.311 e. The van der Waals surface area contributed by atoms with Crippen molar-refractivity contribution in [3.8, 4) is 17.1 Å². The van der Waals surface area contributed by atoms with Crippen molar-refractivity contribution in [1.82, 2.24) is 20.0 Å². The molecule has 2 atom stereocenters. The normalized spacial score (nSPS) is 17.9. The van der Waals surface area contributed by atoms with Crippen LogP contribution in [0.2, 0.25) is 0 Å². The Labute approximate surface area is 201 Å². The van der Waals surface area contributed by atoms with Crippen molar-refractivity contribution >= 4 is 11.9 Å². The molecule has 0 amide bonds. The van der Waals surface area contributed by atoms with Crippen molar-refractivity contribution in [3.63, 3.8) is 0 Å². The molecule has 1 aliphatic rings. The molecule has 9 nitrogen and oxygen atoms in total. The molecule has 0 spiro atoms. The van der Waals surface area contributed by atoms with Crippen LogP contribution in [-0.4, -0.2) is 50.7 Å². The SMILES string of the molecule is Cc1nc(-c2nnn(C)c2CC(=O)OCC(C)C)ccc1O[C@H]1CC[C@H](CC(=O)OC(C)C)C1. The number of nitrogens with zero attached hydrogens (tertiary/aromatic N) is 4. The lowest BCUT2D eigenvalue weighted by molar-refractivity contribution is -0.148. The highest BCUT2D eigenvalue weighted by molar-refractivity contribution is 5.75. The van der Waals surface area contributed by atoms with Crippen LogP contribution in [0.1, 0.15) is 64.8 Å². The predicted molar refractivity (Wildman–Crippen MR) is 126 cm³/mol. The summed E-state index contributed by atoms with van der Waals surface area (Å²) in [5.41, 5.74) is 2.58. The van der Waals surface area contributed by atoms with E-state index in [1.165, 1.54) is 0 Å². The summed E-state index contributed by atoms with van der Waals surface area (Å²) in [5, 5.41) is 8.30. The molecule has 1 fully saturated rings. The molecule has 0 N–H and O–H groups in total. The van der Waals surface area contributed by atoms with Gasteiger partial charge < -0.3 is 14.2 Å². The molecule has 2 aromatic heterocycles. The minimum Gasteiger partial charge on any atom is -0.489 e. The number of rotatable bonds is 10. The number of pyridine rings is 1. The number of aromatic nitrogens is 4. The number of esters is 2. The molecular formula is C25H36N4O5. The lowest BCUT2D eigenvalue weighted by Gasteiger charge is -2.16. The summed E-state index contributed by atoms with van der Waals surface area (Å²) in [6.45, 7) is 9.98. The number of carbonyl (C=O) groups is 2. The topological polar surface area (TPSA) is 105 Å². The summed E-state index contributed by atoms with van der Waals surface area (Å²) >= 11 is 0. The highest BCUT2D eigenvalue weighted by Gasteiger charge is 2.29. The number of hydrogen-bond acceptors (Lipinski definition) is 8. The van der Waals surface area contributed by atoms with Crippen LogP contribution in [-0.2, 0) is 32.5 Å². The Morgan fingerprint density at radius 3 is 2.59 bits per heavy atom. The highest BCUT2D eigenvalue weighted by atomic mass is 16.5. The second-order valence-electron chi connectivity index (χ2n) is 9.70. The van der Waals surface area contributed by atoms with Gasteiger partial charge in [-0.2, -0.15) is 0 Å². The molecular weight excluding hydrogens is 436 g/mol. The Kier molecular flexibility index (Phi) is 8.63. The zero-order valence-corrected chi connectivity index (χ0v) is 21.0. The molecule has 186 valence electrons. The first-order chi connectivity index (χ1) is 16.1. The number of ether oxygens (including phenoxy) is 3. The van der Waals surface area contributed by atoms with E-state index in [1.54, 1.807) is 11.7 Å². The number of carbonyl (C=O) groups excluding carboxylic acids is 2. The van der Waals surface area contributed by atoms with Gasteiger partial charge >= 0.3 is 11.9 Å². The van der Waals surface area contributed by atoms with Gasteiger partial charge in [0.25, 0.3) is 0 Å². The zero-order chi connectivity index (χ0) is 24.8. The minimum absolute atomic E-state index is 0.0472. The van der Waals surface area contributed by atoms with Crippen LogP contribution in [0.15, 0.2) is 12.1 Å². The third-order valence-electron chi connectivity index (χ3n) is 5.72. The fraction of sp³-hybridized carbons (Fsp3) is 0.640. The summed E-state index contributed by atoms with van der Waals surface area (Å²) in [5.74, 6) is 0.803. The van der Waals surface area contributed by atoms with E-state index in [2.05, 4.69) is 15.3 Å². The van der Waals surface area contributed by atoms with Crippen LogP contribution in [0.25, 0.3) is 11.4 Å². The quantitative estimate of drug-likeness (QED) is 0.481. The van der Waals surface area contributed by atoms with Gasteiger partial charge in [-0.15, -0.1) is 5.10 Å². The Hall–Kier alpha value is -2.97. The Morgan fingerprint density at radius 2 is 1.91 bits per heavy atom. The molecule has 1 saturated carbocycles. The van der Waals surface area contributed by atoms with Gasteiger partial charge in [0.1, 0.15) is 11.4 Å². The molecule has 0 unspecified atom stereocenters. The molecule has 3 rings (SSSR count). The summed E-state index contributed by atoms with van der Waals surface area (Å²) in [7, 11) is 1.75. The van der Waals surface area contributed by atoms with E-state index in [0.717, 1.165) is 25.0 Å². The fourth-order valence-electron chi connectivity index (χ4n) is 4.07. The number of aryl methyl sites for hydroxylation is 2. The van der Waals surface area contributed by atoms with Gasteiger partial charge in [0.05, 0.1) is 42.3 Å². The van der Waals surface area contributed by atoms with Crippen LogP contribution >= 0.6 is 0 Å². The first-order valence-electron chi connectivity index (χ1n) is 12.0. The highest BCUT2D eigenvalue weighted by Crippen LogP contribution is 2.33. The van der Waals surface area contributed by atoms with Crippen molar-refractivity contribution < 1.29 is 23.8 Å². The standard InChI is InChI=1S/C25H36N4O5/c1-15(2)14-32-23(30)13-21-25(27-28-29(21)6)20-9-10-22(17(5)26-20)34-19-8-7-18(11-19)12-24(31)33-16(3)4/h9-10,15-16,18-19H,7-8,11-14H2,1-6H3/t18-,19-/m0/s1. The van der Waals surface area contributed by atoms with Crippen molar-refractivity contribution in [2.24, 2.45) is 18.9 Å². The molecule has 2 heterocycles. The summed E-state index contributed by atoms with van der Waals surface area (Å²) in [6.07, 6.45) is 3.13. The van der Waals surface area contributed by atoms with Gasteiger partial charge in [0, 0.05) is 13.5 Å². The summed E-state index contributed by atoms with van der Waals surface area (Å²) in [4.78, 5) is 28.9. The van der Waals surface area contributed by atoms with Crippen LogP contribution in [0.3, 0.4) is 0 Å². The van der Waals surface area contributed by atoms with E-state index in [-0.39, 0.29) is 42.4 Å². The third kappa shape index (κ3) is 7.01. The van der Waals surface area contributed by atoms with Crippen molar-refractivity contribution in [2.75, 3.05) is 6.61 Å². The van der Waals surface area contributed by atoms with Gasteiger partial charge in [-0.3, -0.25) is 14.3 Å². The van der Waals surface area contributed by atoms with Crippen molar-refractivity contribution in [1.29, 1.82) is 0 Å². The largest absolute Gasteiger partial charge is 0.489 e. The zero-order valence-electron chi connectivity index (χ0n) is 21.0. The Morgan fingerprint density at radius 1 is 1.15 bits per heavy atom. The van der Waals surface area contributed by atoms with E-state index in [1.807, 2.05) is 46.8 Å². The molecule has 9 heteroatoms. The fourth-order valence-corrected chi connectivity index (χ4v) is 4.07. The van der Waals surface area contributed by atoms with Gasteiger partial charge in [-0.05, 0) is 64.0 Å². The van der Waals surface area contributed by atoms with Gasteiger partial charge in [0.15, 0.2) is 0 Å². The second-order valence-corrected chi connectivity index (χ2v) is 9.70. The Balaban J connectivity index is 1.63. The molecule has 1 aliphatic carbocycles. The predicted octanol–water partition coefficient (Wildman–Crippen LogP) is 3.82. The van der Waals surface area contributed by atoms with E-state index < -0.39 is 0 Å². The van der Waals surface area contributed by atoms with Crippen molar-refractivity contribution in [3.05, 3.63) is 23.5 Å². The maximum Gasteiger partial charge on any atom is 0.311 e. The second kappa shape index (κ2) is 11.4. The molecule has 0 saturated heterocycles. The van der Waals surface area contributed by atoms with E-state index in [9.17, 15) is 9.59 Å². The van der Waals surface area contributed by atoms with Gasteiger partial charge in [-0.25, -0.2) is 4.98 Å². The van der Waals surface area contributed by atoms with Crippen LogP contribution in [0, 0.1) is 18.8 Å². The summed E-state index contributed by atoms with van der Waals surface area (Å²) < 4.78 is 18.4. The monoisotopic (exact) mass is 472 g/mol. The van der Waals surface area contributed by atoms with Crippen LogP contribution < -0.4 is 4.74 Å². The van der Waals surface area contributed by atoms with E-state index in [0.29, 0.717) is 35.9 Å². The molecule has 0 bridgehead atoms. The minimum atomic E-state index is -0.315. The molecule has 2 aromatic rings. The molecule has 0 radical (unpaired) electrons. The van der Waals surface area contributed by atoms with E-state index >= 15 is 0 Å². The van der Waals surface area contributed by atoms with Gasteiger partial charge in [-0.1, -0.05) is 19.1 Å². The lowest BCUT2D eigenvalue weighted by atomic mass is 10.0. The lowest BCUT2D eigenvalue weighted by Crippen LogP contribution is -2.17. The van der Waals surface area contributed by atoms with Crippen LogP contribution in [0.4, 0.5) is 0 Å². The first kappa shape index (κ1) is 25.6. The Bertz CT molecular complexity index is 1000. The average molecular weight is 473 g/mol.